The largest absolute Gasteiger partial charge is 0.464 e. The third-order valence-electron chi connectivity index (χ3n) is 1.42. The van der Waals surface area contributed by atoms with E-state index in [1.807, 2.05) is 13.8 Å². The molecule has 0 N–H and O–H groups in total. The van der Waals surface area contributed by atoms with Gasteiger partial charge in [0.05, 0.1) is 6.26 Å². The zero-order valence-corrected chi connectivity index (χ0v) is 7.17. The van der Waals surface area contributed by atoms with E-state index in [0.717, 1.165) is 5.39 Å². The van der Waals surface area contributed by atoms with Crippen molar-refractivity contribution in [2.24, 2.45) is 0 Å². The van der Waals surface area contributed by atoms with Crippen LogP contribution in [0.5, 0.6) is 0 Å². The van der Waals surface area contributed by atoms with Crippen molar-refractivity contribution in [1.29, 1.82) is 0 Å². The van der Waals surface area contributed by atoms with Crippen LogP contribution in [0.2, 0.25) is 0 Å². The van der Waals surface area contributed by atoms with Gasteiger partial charge in [0.25, 0.3) is 0 Å². The van der Waals surface area contributed by atoms with Gasteiger partial charge in [-0.15, -0.1) is 0 Å². The topological polar surface area (TPSA) is 13.1 Å². The quantitative estimate of drug-likeness (QED) is 0.582. The Morgan fingerprint density at radius 3 is 2.67 bits per heavy atom. The highest BCUT2D eigenvalue weighted by atomic mass is 19.1. The van der Waals surface area contributed by atoms with E-state index in [1.165, 1.54) is 12.1 Å². The Kier molecular flexibility index (Phi) is 2.86. The molecule has 2 rings (SSSR count). The lowest BCUT2D eigenvalue weighted by atomic mass is 10.2. The van der Waals surface area contributed by atoms with Crippen molar-refractivity contribution in [2.45, 2.75) is 13.8 Å². The van der Waals surface area contributed by atoms with Crippen LogP contribution in [-0.2, 0) is 0 Å². The summed E-state index contributed by atoms with van der Waals surface area (Å²) in [7, 11) is 0. The fourth-order valence-corrected chi connectivity index (χ4v) is 0.929. The molecule has 1 nitrogen and oxygen atoms in total. The molecule has 64 valence electrons. The first-order valence-electron chi connectivity index (χ1n) is 3.99. The first kappa shape index (κ1) is 8.78. The molecule has 1 aromatic heterocycles. The molecule has 0 aliphatic carbocycles. The van der Waals surface area contributed by atoms with Gasteiger partial charge in [-0.05, 0) is 18.2 Å². The smallest absolute Gasteiger partial charge is 0.136 e. The van der Waals surface area contributed by atoms with Gasteiger partial charge in [0.15, 0.2) is 0 Å². The molecule has 0 fully saturated rings. The lowest BCUT2D eigenvalue weighted by Crippen LogP contribution is -1.68. The van der Waals surface area contributed by atoms with Gasteiger partial charge >= 0.3 is 0 Å². The zero-order valence-electron chi connectivity index (χ0n) is 7.17. The Balaban J connectivity index is 0.000000336. The van der Waals surface area contributed by atoms with Gasteiger partial charge in [-0.25, -0.2) is 4.39 Å². The second-order valence-electron chi connectivity index (χ2n) is 2.10. The number of furan rings is 1. The lowest BCUT2D eigenvalue weighted by Gasteiger charge is -1.85. The SMILES string of the molecule is CC.Fc1ccc2ccoc2c1. The van der Waals surface area contributed by atoms with Gasteiger partial charge in [0.1, 0.15) is 11.4 Å². The van der Waals surface area contributed by atoms with Gasteiger partial charge in [0, 0.05) is 11.5 Å². The van der Waals surface area contributed by atoms with Crippen molar-refractivity contribution in [3.8, 4) is 0 Å². The molecule has 0 radical (unpaired) electrons. The van der Waals surface area contributed by atoms with Crippen molar-refractivity contribution >= 4 is 11.0 Å². The molecular formula is C10H11FO. The van der Waals surface area contributed by atoms with E-state index in [-0.39, 0.29) is 5.82 Å². The number of hydrogen-bond acceptors (Lipinski definition) is 1. The average molecular weight is 166 g/mol. The van der Waals surface area contributed by atoms with Crippen LogP contribution in [0.3, 0.4) is 0 Å². The monoisotopic (exact) mass is 166 g/mol. The molecule has 12 heavy (non-hydrogen) atoms. The zero-order chi connectivity index (χ0) is 8.97. The Bertz CT molecular complexity index is 351. The molecule has 0 atom stereocenters. The summed E-state index contributed by atoms with van der Waals surface area (Å²) in [6.07, 6.45) is 1.55. The highest BCUT2D eigenvalue weighted by Crippen LogP contribution is 2.15. The predicted molar refractivity (Wildman–Crippen MR) is 47.5 cm³/mol. The van der Waals surface area contributed by atoms with Crippen molar-refractivity contribution in [3.63, 3.8) is 0 Å². The van der Waals surface area contributed by atoms with Crippen molar-refractivity contribution in [2.75, 3.05) is 0 Å². The highest BCUT2D eigenvalue weighted by molar-refractivity contribution is 5.76. The van der Waals surface area contributed by atoms with E-state index in [2.05, 4.69) is 0 Å². The Morgan fingerprint density at radius 1 is 1.17 bits per heavy atom. The Hall–Kier alpha value is -1.31. The van der Waals surface area contributed by atoms with Crippen molar-refractivity contribution in [3.05, 3.63) is 36.3 Å². The summed E-state index contributed by atoms with van der Waals surface area (Å²) in [6.45, 7) is 4.00. The van der Waals surface area contributed by atoms with Crippen molar-refractivity contribution < 1.29 is 8.81 Å². The standard InChI is InChI=1S/C8H5FO.C2H6/c9-7-2-1-6-3-4-10-8(6)5-7;1-2/h1-5H;1-2H3. The third-order valence-corrected chi connectivity index (χ3v) is 1.42. The normalized spacial score (nSPS) is 9.25. The molecule has 1 aromatic carbocycles. The maximum Gasteiger partial charge on any atom is 0.136 e. The molecule has 2 heteroatoms. The predicted octanol–water partition coefficient (Wildman–Crippen LogP) is 3.60. The van der Waals surface area contributed by atoms with Crippen LogP contribution in [0, 0.1) is 5.82 Å². The van der Waals surface area contributed by atoms with Gasteiger partial charge < -0.3 is 4.42 Å². The summed E-state index contributed by atoms with van der Waals surface area (Å²) in [6, 6.07) is 6.27. The molecule has 0 amide bonds. The van der Waals surface area contributed by atoms with E-state index in [9.17, 15) is 4.39 Å². The number of rotatable bonds is 0. The van der Waals surface area contributed by atoms with Crippen LogP contribution in [0.25, 0.3) is 11.0 Å². The molecule has 0 bridgehead atoms. The fraction of sp³-hybridized carbons (Fsp3) is 0.200. The number of fused-ring (bicyclic) bond motifs is 1. The van der Waals surface area contributed by atoms with Crippen LogP contribution >= 0.6 is 0 Å². The molecule has 0 spiro atoms. The third kappa shape index (κ3) is 1.64. The molecule has 0 saturated heterocycles. The van der Waals surface area contributed by atoms with Gasteiger partial charge in [0.2, 0.25) is 0 Å². The maximum atomic E-state index is 12.5. The van der Waals surface area contributed by atoms with E-state index in [0.29, 0.717) is 5.58 Å². The fourth-order valence-electron chi connectivity index (χ4n) is 0.929. The van der Waals surface area contributed by atoms with E-state index in [1.54, 1.807) is 18.4 Å². The first-order chi connectivity index (χ1) is 5.86. The van der Waals surface area contributed by atoms with E-state index >= 15 is 0 Å². The number of halogens is 1. The van der Waals surface area contributed by atoms with Crippen molar-refractivity contribution in [1.82, 2.24) is 0 Å². The first-order valence-corrected chi connectivity index (χ1v) is 3.99. The second-order valence-corrected chi connectivity index (χ2v) is 2.10. The van der Waals surface area contributed by atoms with E-state index in [4.69, 9.17) is 4.42 Å². The Morgan fingerprint density at radius 2 is 1.92 bits per heavy atom. The maximum absolute atomic E-state index is 12.5. The van der Waals surface area contributed by atoms with Crippen LogP contribution in [0.4, 0.5) is 4.39 Å². The summed E-state index contributed by atoms with van der Waals surface area (Å²) in [4.78, 5) is 0. The van der Waals surface area contributed by atoms with Crippen LogP contribution in [-0.4, -0.2) is 0 Å². The summed E-state index contributed by atoms with van der Waals surface area (Å²) in [5, 5.41) is 0.932. The molecule has 0 aliphatic rings. The Labute approximate surface area is 70.8 Å². The van der Waals surface area contributed by atoms with Gasteiger partial charge in [-0.2, -0.15) is 0 Å². The highest BCUT2D eigenvalue weighted by Gasteiger charge is 1.95. The van der Waals surface area contributed by atoms with E-state index < -0.39 is 0 Å². The summed E-state index contributed by atoms with van der Waals surface area (Å²) < 4.78 is 17.4. The minimum absolute atomic E-state index is 0.262. The number of hydrogen-bond donors (Lipinski definition) is 0. The van der Waals surface area contributed by atoms with Crippen LogP contribution < -0.4 is 0 Å². The minimum Gasteiger partial charge on any atom is -0.464 e. The molecule has 2 aromatic rings. The molecule has 0 aliphatic heterocycles. The van der Waals surface area contributed by atoms with Gasteiger partial charge in [-0.1, -0.05) is 13.8 Å². The molecule has 1 heterocycles. The van der Waals surface area contributed by atoms with Crippen LogP contribution in [0.15, 0.2) is 34.9 Å². The molecular weight excluding hydrogens is 155 g/mol. The second kappa shape index (κ2) is 3.90. The summed E-state index contributed by atoms with van der Waals surface area (Å²) in [5.41, 5.74) is 0.597. The molecule has 0 saturated carbocycles. The lowest BCUT2D eigenvalue weighted by molar-refractivity contribution is 0.599. The minimum atomic E-state index is -0.262. The molecule has 0 unspecified atom stereocenters. The number of benzene rings is 1. The summed E-state index contributed by atoms with van der Waals surface area (Å²) >= 11 is 0. The van der Waals surface area contributed by atoms with Crippen LogP contribution in [0.1, 0.15) is 13.8 Å². The average Bonchev–Trinajstić information content (AvgIpc) is 2.54. The summed E-state index contributed by atoms with van der Waals surface area (Å²) in [5.74, 6) is -0.262. The van der Waals surface area contributed by atoms with Gasteiger partial charge in [-0.3, -0.25) is 0 Å².